The van der Waals surface area contributed by atoms with Crippen LogP contribution in [0, 0.1) is 0 Å². The topological polar surface area (TPSA) is 37.6 Å². The van der Waals surface area contributed by atoms with Crippen molar-refractivity contribution in [1.29, 1.82) is 0 Å². The second-order valence-corrected chi connectivity index (χ2v) is 6.11. The second kappa shape index (κ2) is 7.16. The van der Waals surface area contributed by atoms with Gasteiger partial charge in [-0.3, -0.25) is 0 Å². The number of rotatable bonds is 7. The first-order valence-corrected chi connectivity index (χ1v) is 8.31. The molecule has 0 atom stereocenters. The summed E-state index contributed by atoms with van der Waals surface area (Å²) in [6.45, 7) is 4.72. The molecule has 0 bridgehead atoms. The van der Waals surface area contributed by atoms with E-state index in [4.69, 9.17) is 9.84 Å². The lowest BCUT2D eigenvalue weighted by atomic mass is 10.1. The van der Waals surface area contributed by atoms with Crippen LogP contribution in [0.2, 0.25) is 0 Å². The number of hydrogen-bond donors (Lipinski definition) is 1. The Morgan fingerprint density at radius 1 is 1.18 bits per heavy atom. The molecule has 3 rings (SSSR count). The molecular weight excluding hydrogens is 276 g/mol. The largest absolute Gasteiger partial charge is 0.497 e. The maximum atomic E-state index is 9.11. The van der Waals surface area contributed by atoms with Gasteiger partial charge in [0.15, 0.2) is 0 Å². The minimum absolute atomic E-state index is 0.229. The van der Waals surface area contributed by atoms with Gasteiger partial charge in [0, 0.05) is 37.3 Å². The van der Waals surface area contributed by atoms with E-state index in [9.17, 15) is 0 Å². The Kier molecular flexibility index (Phi) is 5.01. The van der Waals surface area contributed by atoms with Gasteiger partial charge in [0.05, 0.1) is 12.6 Å². The van der Waals surface area contributed by atoms with Crippen molar-refractivity contribution in [3.8, 4) is 5.75 Å². The van der Waals surface area contributed by atoms with Gasteiger partial charge in [-0.15, -0.1) is 0 Å². The summed E-state index contributed by atoms with van der Waals surface area (Å²) in [5.41, 5.74) is 2.62. The summed E-state index contributed by atoms with van der Waals surface area (Å²) < 4.78 is 7.62. The minimum Gasteiger partial charge on any atom is -0.497 e. The van der Waals surface area contributed by atoms with Crippen LogP contribution in [0.1, 0.15) is 24.8 Å². The Hall–Kier alpha value is -1.52. The fraction of sp³-hybridized carbons (Fsp3) is 0.556. The highest BCUT2D eigenvalue weighted by molar-refractivity contribution is 5.85. The average molecular weight is 302 g/mol. The van der Waals surface area contributed by atoms with Crippen molar-refractivity contribution < 1.29 is 9.84 Å². The zero-order valence-electron chi connectivity index (χ0n) is 13.4. The number of ether oxygens (including phenoxy) is 1. The van der Waals surface area contributed by atoms with Crippen molar-refractivity contribution in [2.45, 2.75) is 32.2 Å². The third-order valence-electron chi connectivity index (χ3n) is 4.63. The Morgan fingerprint density at radius 2 is 2.00 bits per heavy atom. The van der Waals surface area contributed by atoms with Crippen molar-refractivity contribution in [3.05, 3.63) is 30.0 Å². The number of aromatic nitrogens is 1. The first-order chi connectivity index (χ1) is 10.8. The summed E-state index contributed by atoms with van der Waals surface area (Å²) in [6, 6.07) is 6.31. The number of aliphatic hydroxyl groups excluding tert-OH is 1. The van der Waals surface area contributed by atoms with Gasteiger partial charge in [0.1, 0.15) is 5.75 Å². The van der Waals surface area contributed by atoms with Crippen LogP contribution in [0.3, 0.4) is 0 Å². The van der Waals surface area contributed by atoms with Crippen LogP contribution in [-0.4, -0.2) is 47.9 Å². The van der Waals surface area contributed by atoms with Gasteiger partial charge in [0.25, 0.3) is 0 Å². The molecule has 2 aromatic rings. The molecule has 1 aromatic heterocycles. The van der Waals surface area contributed by atoms with Crippen molar-refractivity contribution in [2.24, 2.45) is 0 Å². The molecule has 0 spiro atoms. The highest BCUT2D eigenvalue weighted by Gasteiger charge is 2.14. The van der Waals surface area contributed by atoms with Gasteiger partial charge in [-0.2, -0.15) is 0 Å². The van der Waals surface area contributed by atoms with Gasteiger partial charge in [-0.1, -0.05) is 0 Å². The van der Waals surface area contributed by atoms with Crippen LogP contribution in [-0.2, 0) is 13.0 Å². The van der Waals surface area contributed by atoms with Crippen molar-refractivity contribution in [1.82, 2.24) is 9.47 Å². The zero-order valence-corrected chi connectivity index (χ0v) is 13.4. The average Bonchev–Trinajstić information content (AvgIpc) is 3.18. The number of hydrogen-bond acceptors (Lipinski definition) is 3. The predicted octanol–water partition coefficient (Wildman–Crippen LogP) is 2.67. The van der Waals surface area contributed by atoms with E-state index in [1.807, 2.05) is 6.07 Å². The zero-order chi connectivity index (χ0) is 15.4. The number of aryl methyl sites for hydroxylation is 1. The molecule has 4 heteroatoms. The highest BCUT2D eigenvalue weighted by Crippen LogP contribution is 2.27. The van der Waals surface area contributed by atoms with Gasteiger partial charge >= 0.3 is 0 Å². The maximum absolute atomic E-state index is 9.11. The first kappa shape index (κ1) is 15.4. The molecule has 0 saturated carbocycles. The van der Waals surface area contributed by atoms with Gasteiger partial charge in [0.2, 0.25) is 0 Å². The summed E-state index contributed by atoms with van der Waals surface area (Å²) >= 11 is 0. The molecule has 4 nitrogen and oxygen atoms in total. The van der Waals surface area contributed by atoms with E-state index in [1.54, 1.807) is 7.11 Å². The molecule has 0 aliphatic carbocycles. The monoisotopic (exact) mass is 302 g/mol. The number of fused-ring (bicyclic) bond motifs is 1. The number of methoxy groups -OCH3 is 1. The standard InChI is InChI=1S/C18H26N2O2/c1-22-16-5-6-17-15(7-11-19-8-2-3-9-19)14-20(10-4-12-21)18(17)13-16/h5-6,13-14,21H,2-4,7-12H2,1H3. The van der Waals surface area contributed by atoms with Crippen LogP contribution in [0.25, 0.3) is 10.9 Å². The third-order valence-corrected chi connectivity index (χ3v) is 4.63. The molecule has 2 heterocycles. The van der Waals surface area contributed by atoms with Crippen LogP contribution < -0.4 is 4.74 Å². The summed E-state index contributed by atoms with van der Waals surface area (Å²) in [7, 11) is 1.70. The number of aliphatic hydroxyl groups is 1. The fourth-order valence-corrected chi connectivity index (χ4v) is 3.38. The molecule has 22 heavy (non-hydrogen) atoms. The normalized spacial score (nSPS) is 15.7. The second-order valence-electron chi connectivity index (χ2n) is 6.11. The van der Waals surface area contributed by atoms with Gasteiger partial charge in [-0.25, -0.2) is 0 Å². The lowest BCUT2D eigenvalue weighted by Gasteiger charge is -2.13. The van der Waals surface area contributed by atoms with Crippen molar-refractivity contribution in [2.75, 3.05) is 33.4 Å². The Bertz CT molecular complexity index is 615. The predicted molar refractivity (Wildman–Crippen MR) is 89.6 cm³/mol. The van der Waals surface area contributed by atoms with E-state index >= 15 is 0 Å². The van der Waals surface area contributed by atoms with Crippen molar-refractivity contribution in [3.63, 3.8) is 0 Å². The molecule has 1 aliphatic rings. The minimum atomic E-state index is 0.229. The summed E-state index contributed by atoms with van der Waals surface area (Å²) in [5, 5.41) is 10.4. The highest BCUT2D eigenvalue weighted by atomic mass is 16.5. The fourth-order valence-electron chi connectivity index (χ4n) is 3.38. The molecule has 1 aliphatic heterocycles. The molecular formula is C18H26N2O2. The molecule has 1 saturated heterocycles. The third kappa shape index (κ3) is 3.28. The van der Waals surface area contributed by atoms with Crippen LogP contribution >= 0.6 is 0 Å². The molecule has 1 aromatic carbocycles. The summed E-state index contributed by atoms with van der Waals surface area (Å²) in [6.07, 6.45) is 6.82. The summed E-state index contributed by atoms with van der Waals surface area (Å²) in [5.74, 6) is 0.891. The Morgan fingerprint density at radius 3 is 2.73 bits per heavy atom. The first-order valence-electron chi connectivity index (χ1n) is 8.31. The van der Waals surface area contributed by atoms with Gasteiger partial charge < -0.3 is 19.3 Å². The number of nitrogens with zero attached hydrogens (tertiary/aromatic N) is 2. The van der Waals surface area contributed by atoms with Crippen LogP contribution in [0.4, 0.5) is 0 Å². The molecule has 0 unspecified atom stereocenters. The molecule has 0 radical (unpaired) electrons. The van der Waals surface area contributed by atoms with E-state index < -0.39 is 0 Å². The molecule has 0 amide bonds. The van der Waals surface area contributed by atoms with Crippen molar-refractivity contribution >= 4 is 10.9 Å². The SMILES string of the molecule is COc1ccc2c(CCN3CCCC3)cn(CCCO)c2c1. The van der Waals surface area contributed by atoms with Crippen LogP contribution in [0.15, 0.2) is 24.4 Å². The number of likely N-dealkylation sites (tertiary alicyclic amines) is 1. The maximum Gasteiger partial charge on any atom is 0.120 e. The van der Waals surface area contributed by atoms with E-state index in [-0.39, 0.29) is 6.61 Å². The van der Waals surface area contributed by atoms with E-state index in [1.165, 1.54) is 42.4 Å². The summed E-state index contributed by atoms with van der Waals surface area (Å²) in [4.78, 5) is 2.56. The van der Waals surface area contributed by atoms with Gasteiger partial charge in [-0.05, 0) is 56.5 Å². The Labute approximate surface area is 132 Å². The molecule has 120 valence electrons. The Balaban J connectivity index is 1.84. The smallest absolute Gasteiger partial charge is 0.120 e. The number of benzene rings is 1. The lowest BCUT2D eigenvalue weighted by Crippen LogP contribution is -2.21. The van der Waals surface area contributed by atoms with E-state index in [2.05, 4.69) is 27.8 Å². The quantitative estimate of drug-likeness (QED) is 0.854. The molecule has 1 N–H and O–H groups in total. The van der Waals surface area contributed by atoms with E-state index in [0.717, 1.165) is 31.7 Å². The lowest BCUT2D eigenvalue weighted by molar-refractivity contribution is 0.280. The van der Waals surface area contributed by atoms with Crippen LogP contribution in [0.5, 0.6) is 5.75 Å². The molecule has 1 fully saturated rings. The van der Waals surface area contributed by atoms with E-state index in [0.29, 0.717) is 0 Å².